The van der Waals surface area contributed by atoms with Gasteiger partial charge in [-0.3, -0.25) is 0 Å². The molecule has 0 spiro atoms. The van der Waals surface area contributed by atoms with E-state index < -0.39 is 15.4 Å². The van der Waals surface area contributed by atoms with E-state index in [4.69, 9.17) is 0 Å². The monoisotopic (exact) mass is 456 g/mol. The Morgan fingerprint density at radius 3 is 1.30 bits per heavy atom. The third kappa shape index (κ3) is 23.5. The Kier molecular flexibility index (Phi) is 25.4. The van der Waals surface area contributed by atoms with Crippen molar-refractivity contribution in [2.24, 2.45) is 0 Å². The van der Waals surface area contributed by atoms with E-state index in [1.54, 1.807) is 0 Å². The van der Waals surface area contributed by atoms with Crippen molar-refractivity contribution in [1.29, 1.82) is 0 Å². The van der Waals surface area contributed by atoms with Crippen molar-refractivity contribution in [3.63, 3.8) is 0 Å². The van der Waals surface area contributed by atoms with Gasteiger partial charge < -0.3 is 9.66 Å². The minimum absolute atomic E-state index is 0. The molecule has 0 bridgehead atoms. The number of aliphatic hydroxyl groups excluding tert-OH is 1. The predicted octanol–water partition coefficient (Wildman–Crippen LogP) is 4.11. The van der Waals surface area contributed by atoms with Crippen molar-refractivity contribution in [2.75, 3.05) is 0 Å². The van der Waals surface area contributed by atoms with E-state index in [2.05, 4.69) is 6.92 Å². The molecule has 6 heteroatoms. The summed E-state index contributed by atoms with van der Waals surface area (Å²) in [5, 5.41) is 9.19. The largest absolute Gasteiger partial charge is 1.00 e. The van der Waals surface area contributed by atoms with Crippen molar-refractivity contribution in [2.45, 2.75) is 154 Å². The smallest absolute Gasteiger partial charge is 0.748 e. The van der Waals surface area contributed by atoms with E-state index in [1.807, 2.05) is 0 Å². The molecular formula is C24H49NaO4S. The minimum atomic E-state index is -4.15. The molecule has 0 aromatic carbocycles. The third-order valence-corrected chi connectivity index (χ3v) is 7.25. The molecule has 4 nitrogen and oxygen atoms in total. The Balaban J connectivity index is 0. The second-order valence-corrected chi connectivity index (χ2v) is 10.8. The quantitative estimate of drug-likeness (QED) is 0.151. The molecule has 0 aromatic rings. The molecule has 0 amide bonds. The predicted molar refractivity (Wildman–Crippen MR) is 123 cm³/mol. The van der Waals surface area contributed by atoms with Gasteiger partial charge in [0.2, 0.25) is 0 Å². The van der Waals surface area contributed by atoms with E-state index in [0.29, 0.717) is 19.3 Å². The topological polar surface area (TPSA) is 77.4 Å². The van der Waals surface area contributed by atoms with Gasteiger partial charge in [0, 0.05) is 5.25 Å². The van der Waals surface area contributed by atoms with Gasteiger partial charge in [0.15, 0.2) is 0 Å². The molecule has 0 rings (SSSR count). The summed E-state index contributed by atoms with van der Waals surface area (Å²) in [6.45, 7) is 3.74. The van der Waals surface area contributed by atoms with E-state index >= 15 is 0 Å². The number of rotatable bonds is 22. The summed E-state index contributed by atoms with van der Waals surface area (Å²) in [5.74, 6) is 0. The molecule has 0 aliphatic heterocycles. The van der Waals surface area contributed by atoms with Gasteiger partial charge in [-0.25, -0.2) is 8.42 Å². The van der Waals surface area contributed by atoms with Crippen LogP contribution >= 0.6 is 0 Å². The number of hydrogen-bond acceptors (Lipinski definition) is 4. The summed E-state index contributed by atoms with van der Waals surface area (Å²) in [5.41, 5.74) is 0. The van der Waals surface area contributed by atoms with Gasteiger partial charge >= 0.3 is 29.6 Å². The maximum Gasteiger partial charge on any atom is 1.00 e. The average Bonchev–Trinajstić information content (AvgIpc) is 2.67. The Hall–Kier alpha value is 0.870. The van der Waals surface area contributed by atoms with Crippen molar-refractivity contribution >= 4 is 10.1 Å². The first-order valence-electron chi connectivity index (χ1n) is 12.5. The van der Waals surface area contributed by atoms with Gasteiger partial charge in [-0.05, 0) is 26.2 Å². The molecule has 2 unspecified atom stereocenters. The van der Waals surface area contributed by atoms with Crippen LogP contribution in [0.3, 0.4) is 0 Å². The Labute approximate surface area is 210 Å². The molecule has 0 heterocycles. The summed E-state index contributed by atoms with van der Waals surface area (Å²) in [6.07, 6.45) is 23.3. The Morgan fingerprint density at radius 2 is 0.933 bits per heavy atom. The second kappa shape index (κ2) is 23.0. The zero-order chi connectivity index (χ0) is 21.8. The summed E-state index contributed by atoms with van der Waals surface area (Å²) in [7, 11) is -4.15. The van der Waals surface area contributed by atoms with Gasteiger partial charge in [-0.1, -0.05) is 116 Å². The molecule has 0 radical (unpaired) electrons. The van der Waals surface area contributed by atoms with Crippen LogP contribution in [0.2, 0.25) is 0 Å². The van der Waals surface area contributed by atoms with Crippen molar-refractivity contribution < 1.29 is 47.6 Å². The van der Waals surface area contributed by atoms with Crippen LogP contribution in [0.5, 0.6) is 0 Å². The average molecular weight is 457 g/mol. The van der Waals surface area contributed by atoms with Crippen LogP contribution in [0.4, 0.5) is 0 Å². The van der Waals surface area contributed by atoms with E-state index in [0.717, 1.165) is 19.3 Å². The molecule has 0 aliphatic rings. The van der Waals surface area contributed by atoms with E-state index in [1.165, 1.54) is 96.8 Å². The molecule has 0 aliphatic carbocycles. The van der Waals surface area contributed by atoms with Crippen molar-refractivity contribution in [1.82, 2.24) is 0 Å². The van der Waals surface area contributed by atoms with Crippen LogP contribution in [-0.2, 0) is 10.1 Å². The van der Waals surface area contributed by atoms with Gasteiger partial charge in [0.1, 0.15) is 0 Å². The van der Waals surface area contributed by atoms with Crippen LogP contribution < -0.4 is 29.6 Å². The number of hydrogen-bond donors (Lipinski definition) is 1. The first kappa shape index (κ1) is 33.0. The fourth-order valence-electron chi connectivity index (χ4n) is 3.85. The second-order valence-electron chi connectivity index (χ2n) is 8.98. The minimum Gasteiger partial charge on any atom is -0.748 e. The summed E-state index contributed by atoms with van der Waals surface area (Å²) < 4.78 is 32.5. The standard InChI is InChI=1S/C24H50O4S.Na/c1-3-4-5-6-7-8-9-10-11-12-13-14-15-16-17-21-24(25)22-19-18-20-23(2)29(26,27)28;/h23-25H,3-22H2,1-2H3,(H,26,27,28);/q;+1/p-1. The van der Waals surface area contributed by atoms with Gasteiger partial charge in [0.25, 0.3) is 0 Å². The van der Waals surface area contributed by atoms with Crippen molar-refractivity contribution in [3.05, 3.63) is 0 Å². The Morgan fingerprint density at radius 1 is 0.633 bits per heavy atom. The van der Waals surface area contributed by atoms with E-state index in [9.17, 15) is 18.1 Å². The van der Waals surface area contributed by atoms with Crippen LogP contribution in [0.15, 0.2) is 0 Å². The molecule has 1 N–H and O–H groups in total. The van der Waals surface area contributed by atoms with Gasteiger partial charge in [-0.2, -0.15) is 0 Å². The van der Waals surface area contributed by atoms with Crippen molar-refractivity contribution in [3.8, 4) is 0 Å². The fourth-order valence-corrected chi connectivity index (χ4v) is 4.31. The zero-order valence-electron chi connectivity index (χ0n) is 20.4. The van der Waals surface area contributed by atoms with Gasteiger partial charge in [-0.15, -0.1) is 0 Å². The molecule has 30 heavy (non-hydrogen) atoms. The summed E-state index contributed by atoms with van der Waals surface area (Å²) >= 11 is 0. The van der Waals surface area contributed by atoms with Gasteiger partial charge in [0.05, 0.1) is 16.2 Å². The number of unbranched alkanes of at least 4 members (excludes halogenated alkanes) is 15. The first-order chi connectivity index (χ1) is 13.9. The van der Waals surface area contributed by atoms with Crippen LogP contribution in [0.25, 0.3) is 0 Å². The normalized spacial score (nSPS) is 13.7. The SMILES string of the molecule is CCCCCCCCCCCCCCCCCC(O)CCCCC(C)S(=O)(=O)[O-].[Na+]. The van der Waals surface area contributed by atoms with Crippen LogP contribution in [0.1, 0.15) is 142 Å². The molecule has 0 aromatic heterocycles. The fraction of sp³-hybridized carbons (Fsp3) is 1.00. The van der Waals surface area contributed by atoms with Crippen LogP contribution in [0, 0.1) is 0 Å². The first-order valence-corrected chi connectivity index (χ1v) is 14.0. The Bertz CT molecular complexity index is 442. The molecule has 2 atom stereocenters. The zero-order valence-corrected chi connectivity index (χ0v) is 23.2. The number of aliphatic hydroxyl groups is 1. The van der Waals surface area contributed by atoms with E-state index in [-0.39, 0.29) is 35.7 Å². The molecule has 176 valence electrons. The molecule has 0 fully saturated rings. The summed E-state index contributed by atoms with van der Waals surface area (Å²) in [6, 6.07) is 0. The maximum absolute atomic E-state index is 10.8. The molecule has 0 saturated heterocycles. The molecular weight excluding hydrogens is 407 g/mol. The molecule has 0 saturated carbocycles. The summed E-state index contributed by atoms with van der Waals surface area (Å²) in [4.78, 5) is 0. The van der Waals surface area contributed by atoms with Crippen LogP contribution in [-0.4, -0.2) is 29.4 Å². The third-order valence-electron chi connectivity index (χ3n) is 6.03. The maximum atomic E-state index is 10.8.